The van der Waals surface area contributed by atoms with Crippen LogP contribution in [-0.2, 0) is 19.2 Å². The Morgan fingerprint density at radius 3 is 2.18 bits per heavy atom. The van der Waals surface area contributed by atoms with Crippen LogP contribution >= 0.6 is 0 Å². The summed E-state index contributed by atoms with van der Waals surface area (Å²) in [5.74, 6) is -0.978. The van der Waals surface area contributed by atoms with Crippen molar-refractivity contribution in [3.8, 4) is 0 Å². The SMILES string of the molecule is CC1(C)C2CC[C@]3(C)[C@H](C(=O)C=C4[C@H]5C[C@@](C)(C(N)=O)CC[C@]5(C)CC[C@]43C)[C@@]2(C)CC[C@@]1(O)C(=O)C=O. The van der Waals surface area contributed by atoms with Crippen LogP contribution in [0.5, 0.6) is 0 Å². The predicted molar refractivity (Wildman–Crippen MR) is 145 cm³/mol. The molecule has 0 aromatic heterocycles. The van der Waals surface area contributed by atoms with Crippen LogP contribution in [-0.4, -0.2) is 34.5 Å². The van der Waals surface area contributed by atoms with Gasteiger partial charge in [-0.15, -0.1) is 0 Å². The number of amides is 1. The summed E-state index contributed by atoms with van der Waals surface area (Å²) in [7, 11) is 0. The quantitative estimate of drug-likeness (QED) is 0.400. The molecule has 4 fully saturated rings. The summed E-state index contributed by atoms with van der Waals surface area (Å²) in [5, 5.41) is 11.5. The molecule has 0 aliphatic heterocycles. The molecule has 3 N–H and O–H groups in total. The lowest BCUT2D eigenvalue weighted by Gasteiger charge is -2.71. The van der Waals surface area contributed by atoms with E-state index in [1.54, 1.807) is 0 Å². The highest BCUT2D eigenvalue weighted by molar-refractivity contribution is 6.29. The number of carbonyl (C=O) groups excluding carboxylic acids is 4. The van der Waals surface area contributed by atoms with Gasteiger partial charge in [-0.05, 0) is 97.4 Å². The van der Waals surface area contributed by atoms with E-state index in [-0.39, 0.29) is 58.4 Å². The molecule has 1 amide bonds. The molecular formula is C32H47NO5. The van der Waals surface area contributed by atoms with Gasteiger partial charge in [-0.3, -0.25) is 19.2 Å². The van der Waals surface area contributed by atoms with Crippen LogP contribution in [0.2, 0.25) is 0 Å². The molecular weight excluding hydrogens is 478 g/mol. The summed E-state index contributed by atoms with van der Waals surface area (Å²) in [6.07, 6.45) is 9.07. The van der Waals surface area contributed by atoms with E-state index >= 15 is 0 Å². The van der Waals surface area contributed by atoms with E-state index in [2.05, 4.69) is 27.7 Å². The number of Topliss-reactive ketones (excluding diaryl/α,β-unsaturated/α-hetero) is 1. The van der Waals surface area contributed by atoms with Crippen LogP contribution in [0.15, 0.2) is 11.6 Å². The van der Waals surface area contributed by atoms with Crippen molar-refractivity contribution < 1.29 is 24.3 Å². The van der Waals surface area contributed by atoms with Crippen molar-refractivity contribution in [2.45, 2.75) is 112 Å². The Morgan fingerprint density at radius 1 is 0.947 bits per heavy atom. The van der Waals surface area contributed by atoms with E-state index in [4.69, 9.17) is 5.73 Å². The van der Waals surface area contributed by atoms with E-state index in [0.29, 0.717) is 12.8 Å². The van der Waals surface area contributed by atoms with E-state index in [1.165, 1.54) is 5.57 Å². The molecule has 4 saturated carbocycles. The minimum Gasteiger partial charge on any atom is -0.381 e. The first-order valence-electron chi connectivity index (χ1n) is 14.6. The number of hydrogen-bond donors (Lipinski definition) is 2. The first-order chi connectivity index (χ1) is 17.4. The van der Waals surface area contributed by atoms with Gasteiger partial charge in [0, 0.05) is 16.7 Å². The van der Waals surface area contributed by atoms with E-state index in [1.807, 2.05) is 26.8 Å². The van der Waals surface area contributed by atoms with Crippen LogP contribution < -0.4 is 5.73 Å². The Morgan fingerprint density at radius 2 is 1.58 bits per heavy atom. The van der Waals surface area contributed by atoms with Crippen LogP contribution in [0.4, 0.5) is 0 Å². The monoisotopic (exact) mass is 525 g/mol. The lowest BCUT2D eigenvalue weighted by Crippen LogP contribution is -2.70. The highest BCUT2D eigenvalue weighted by atomic mass is 16.3. The largest absolute Gasteiger partial charge is 0.381 e. The fourth-order valence-electron chi connectivity index (χ4n) is 10.9. The van der Waals surface area contributed by atoms with Gasteiger partial charge in [-0.2, -0.15) is 0 Å². The number of aliphatic hydroxyl groups is 1. The van der Waals surface area contributed by atoms with Crippen molar-refractivity contribution in [1.29, 1.82) is 0 Å². The topological polar surface area (TPSA) is 115 Å². The van der Waals surface area contributed by atoms with Crippen molar-refractivity contribution in [2.24, 2.45) is 56.0 Å². The maximum atomic E-state index is 14.4. The summed E-state index contributed by atoms with van der Waals surface area (Å²) in [6.45, 7) is 15.0. The van der Waals surface area contributed by atoms with Gasteiger partial charge >= 0.3 is 0 Å². The third-order valence-corrected chi connectivity index (χ3v) is 13.9. The Hall–Kier alpha value is -1.82. The second-order valence-electron chi connectivity index (χ2n) is 15.7. The molecule has 0 radical (unpaired) electrons. The number of rotatable bonds is 3. The molecule has 38 heavy (non-hydrogen) atoms. The van der Waals surface area contributed by atoms with Gasteiger partial charge in [0.05, 0.1) is 0 Å². The normalized spacial score (nSPS) is 51.4. The molecule has 210 valence electrons. The molecule has 1 unspecified atom stereocenters. The van der Waals surface area contributed by atoms with Gasteiger partial charge in [0.15, 0.2) is 12.1 Å². The summed E-state index contributed by atoms with van der Waals surface area (Å²) in [4.78, 5) is 51.0. The summed E-state index contributed by atoms with van der Waals surface area (Å²) in [6, 6.07) is 0. The van der Waals surface area contributed by atoms with Gasteiger partial charge in [-0.25, -0.2) is 0 Å². The Balaban J connectivity index is 1.61. The molecule has 5 aliphatic rings. The molecule has 0 bridgehead atoms. The number of allylic oxidation sites excluding steroid dienone is 2. The zero-order valence-corrected chi connectivity index (χ0v) is 24.4. The lowest BCUT2D eigenvalue weighted by atomic mass is 9.32. The number of aldehydes is 1. The number of ketones is 2. The van der Waals surface area contributed by atoms with Crippen molar-refractivity contribution in [3.05, 3.63) is 11.6 Å². The van der Waals surface area contributed by atoms with E-state index in [0.717, 1.165) is 38.5 Å². The third-order valence-electron chi connectivity index (χ3n) is 13.9. The molecule has 0 aromatic carbocycles. The van der Waals surface area contributed by atoms with Crippen molar-refractivity contribution in [2.75, 3.05) is 0 Å². The standard InChI is InChI=1S/C32H47NO5/c1-26(2)22-8-9-31(7)24(29(22,5)13-15-32(26,38)23(36)18-34)21(35)16-19-20-17-28(4,25(33)37)11-10-27(20,3)12-14-30(19,31)6/h16,18,20,22,24,38H,8-15,17H2,1-7H3,(H2,33,37)/t20-,22?,24-,27-,28+,29+,30-,31-,32-/m1/s1. The molecule has 0 spiro atoms. The molecule has 5 aliphatic carbocycles. The Bertz CT molecular complexity index is 1160. The molecule has 0 aromatic rings. The van der Waals surface area contributed by atoms with Gasteiger partial charge < -0.3 is 10.8 Å². The highest BCUT2D eigenvalue weighted by Crippen LogP contribution is 2.75. The average molecular weight is 526 g/mol. The molecule has 9 atom stereocenters. The zero-order valence-electron chi connectivity index (χ0n) is 24.4. The number of primary amides is 1. The third kappa shape index (κ3) is 3.10. The van der Waals surface area contributed by atoms with Gasteiger partial charge in [-0.1, -0.05) is 54.0 Å². The summed E-state index contributed by atoms with van der Waals surface area (Å²) >= 11 is 0. The molecule has 0 saturated heterocycles. The smallest absolute Gasteiger partial charge is 0.227 e. The van der Waals surface area contributed by atoms with Crippen molar-refractivity contribution in [1.82, 2.24) is 0 Å². The minimum atomic E-state index is -1.71. The minimum absolute atomic E-state index is 0.0589. The van der Waals surface area contributed by atoms with Crippen LogP contribution in [0.1, 0.15) is 106 Å². The van der Waals surface area contributed by atoms with Crippen molar-refractivity contribution >= 4 is 23.8 Å². The predicted octanol–water partition coefficient (Wildman–Crippen LogP) is 4.95. The van der Waals surface area contributed by atoms with Gasteiger partial charge in [0.2, 0.25) is 11.7 Å². The van der Waals surface area contributed by atoms with Crippen LogP contribution in [0.3, 0.4) is 0 Å². The maximum Gasteiger partial charge on any atom is 0.227 e. The van der Waals surface area contributed by atoms with Gasteiger partial charge in [0.25, 0.3) is 0 Å². The van der Waals surface area contributed by atoms with E-state index in [9.17, 15) is 24.3 Å². The van der Waals surface area contributed by atoms with Crippen molar-refractivity contribution in [3.63, 3.8) is 0 Å². The maximum absolute atomic E-state index is 14.4. The molecule has 6 nitrogen and oxygen atoms in total. The Labute approximate surface area is 227 Å². The number of nitrogens with two attached hydrogens (primary N) is 1. The average Bonchev–Trinajstić information content (AvgIpc) is 2.83. The fourth-order valence-corrected chi connectivity index (χ4v) is 10.9. The number of carbonyl (C=O) groups is 4. The summed E-state index contributed by atoms with van der Waals surface area (Å²) in [5.41, 5.74) is 3.24. The van der Waals surface area contributed by atoms with Gasteiger partial charge in [0.1, 0.15) is 5.60 Å². The number of hydrogen-bond acceptors (Lipinski definition) is 5. The number of fused-ring (bicyclic) bond motifs is 7. The second-order valence-corrected chi connectivity index (χ2v) is 15.7. The fraction of sp³-hybridized carbons (Fsp3) is 0.812. The van der Waals surface area contributed by atoms with Crippen LogP contribution in [0.25, 0.3) is 0 Å². The summed E-state index contributed by atoms with van der Waals surface area (Å²) < 4.78 is 0. The molecule has 5 rings (SSSR count). The molecule has 0 heterocycles. The Kier molecular flexibility index (Phi) is 5.76. The highest BCUT2D eigenvalue weighted by Gasteiger charge is 2.72. The lowest BCUT2D eigenvalue weighted by molar-refractivity contribution is -0.226. The molecule has 6 heteroatoms. The second kappa shape index (κ2) is 7.89. The van der Waals surface area contributed by atoms with Crippen LogP contribution in [0, 0.1) is 50.2 Å². The zero-order chi connectivity index (χ0) is 28.3. The first-order valence-corrected chi connectivity index (χ1v) is 14.6. The first kappa shape index (κ1) is 27.7. The van der Waals surface area contributed by atoms with E-state index < -0.39 is 27.6 Å².